The van der Waals surface area contributed by atoms with Crippen molar-refractivity contribution in [2.75, 3.05) is 6.61 Å². The number of nitrogens with one attached hydrogen (secondary N) is 1. The molecule has 2 rings (SSSR count). The van der Waals surface area contributed by atoms with Crippen LogP contribution in [0.2, 0.25) is 0 Å². The van der Waals surface area contributed by atoms with Gasteiger partial charge in [0.25, 0.3) is 5.91 Å². The number of amides is 1. The molecule has 0 radical (unpaired) electrons. The average Bonchev–Trinajstić information content (AvgIpc) is 3.07. The van der Waals surface area contributed by atoms with Gasteiger partial charge in [-0.25, -0.2) is 4.79 Å². The van der Waals surface area contributed by atoms with Crippen molar-refractivity contribution in [1.29, 1.82) is 0 Å². The molecule has 122 valence electrons. The summed E-state index contributed by atoms with van der Waals surface area (Å²) in [7, 11) is 0. The van der Waals surface area contributed by atoms with Gasteiger partial charge < -0.3 is 14.5 Å². The SMILES string of the molecule is CC(C)C[C@H](NC(=O)COC(=O)c1ccco1)c1ccccc1. The van der Waals surface area contributed by atoms with Crippen molar-refractivity contribution in [3.8, 4) is 0 Å². The van der Waals surface area contributed by atoms with Gasteiger partial charge >= 0.3 is 5.97 Å². The summed E-state index contributed by atoms with van der Waals surface area (Å²) in [6.45, 7) is 3.86. The molecule has 0 saturated heterocycles. The molecule has 23 heavy (non-hydrogen) atoms. The minimum Gasteiger partial charge on any atom is -0.457 e. The van der Waals surface area contributed by atoms with Gasteiger partial charge in [0.2, 0.25) is 5.76 Å². The van der Waals surface area contributed by atoms with Crippen molar-refractivity contribution in [3.05, 3.63) is 60.1 Å². The predicted molar refractivity (Wildman–Crippen MR) is 85.8 cm³/mol. The molecule has 0 aliphatic carbocycles. The Kier molecular flexibility index (Phi) is 5.97. The molecule has 1 atom stereocenters. The van der Waals surface area contributed by atoms with Gasteiger partial charge in [0.15, 0.2) is 6.61 Å². The van der Waals surface area contributed by atoms with Gasteiger partial charge in [-0.15, -0.1) is 0 Å². The maximum Gasteiger partial charge on any atom is 0.374 e. The van der Waals surface area contributed by atoms with Gasteiger partial charge in [-0.3, -0.25) is 4.79 Å². The Balaban J connectivity index is 1.91. The van der Waals surface area contributed by atoms with E-state index in [1.807, 2.05) is 30.3 Å². The first-order chi connectivity index (χ1) is 11.1. The van der Waals surface area contributed by atoms with Gasteiger partial charge in [-0.05, 0) is 30.0 Å². The molecule has 1 amide bonds. The quantitative estimate of drug-likeness (QED) is 0.796. The fourth-order valence-corrected chi connectivity index (χ4v) is 2.27. The molecule has 1 aromatic carbocycles. The van der Waals surface area contributed by atoms with Crippen LogP contribution < -0.4 is 5.32 Å². The van der Waals surface area contributed by atoms with Crippen molar-refractivity contribution < 1.29 is 18.7 Å². The number of hydrogen-bond acceptors (Lipinski definition) is 4. The molecule has 0 spiro atoms. The van der Waals surface area contributed by atoms with E-state index in [1.54, 1.807) is 6.07 Å². The minimum absolute atomic E-state index is 0.0830. The number of furan rings is 1. The minimum atomic E-state index is -0.648. The molecule has 5 nitrogen and oxygen atoms in total. The number of hydrogen-bond donors (Lipinski definition) is 1. The molecular formula is C18H21NO4. The molecule has 0 aliphatic heterocycles. The second-order valence-electron chi connectivity index (χ2n) is 5.71. The van der Waals surface area contributed by atoms with Crippen LogP contribution >= 0.6 is 0 Å². The van der Waals surface area contributed by atoms with Gasteiger partial charge in [0.1, 0.15) is 0 Å². The van der Waals surface area contributed by atoms with Crippen LogP contribution in [0.5, 0.6) is 0 Å². The summed E-state index contributed by atoms with van der Waals surface area (Å²) in [5.41, 5.74) is 1.03. The zero-order valence-electron chi connectivity index (χ0n) is 13.3. The first-order valence-electron chi connectivity index (χ1n) is 7.61. The maximum atomic E-state index is 12.1. The molecule has 0 fully saturated rings. The Morgan fingerprint density at radius 2 is 1.87 bits per heavy atom. The van der Waals surface area contributed by atoms with Gasteiger partial charge in [-0.2, -0.15) is 0 Å². The number of benzene rings is 1. The van der Waals surface area contributed by atoms with Crippen molar-refractivity contribution >= 4 is 11.9 Å². The van der Waals surface area contributed by atoms with Crippen LogP contribution in [0, 0.1) is 5.92 Å². The van der Waals surface area contributed by atoms with Gasteiger partial charge in [0, 0.05) is 0 Å². The number of esters is 1. The normalized spacial score (nSPS) is 12.0. The molecule has 0 aliphatic rings. The van der Waals surface area contributed by atoms with E-state index in [0.29, 0.717) is 5.92 Å². The third-order valence-corrected chi connectivity index (χ3v) is 3.30. The Morgan fingerprint density at radius 3 is 2.48 bits per heavy atom. The third-order valence-electron chi connectivity index (χ3n) is 3.30. The van der Waals surface area contributed by atoms with Crippen molar-refractivity contribution in [2.24, 2.45) is 5.92 Å². The summed E-state index contributed by atoms with van der Waals surface area (Å²) in [4.78, 5) is 23.7. The lowest BCUT2D eigenvalue weighted by atomic mass is 9.97. The molecular weight excluding hydrogens is 294 g/mol. The smallest absolute Gasteiger partial charge is 0.374 e. The van der Waals surface area contributed by atoms with Crippen LogP contribution in [0.25, 0.3) is 0 Å². The summed E-state index contributed by atoms with van der Waals surface area (Å²) >= 11 is 0. The van der Waals surface area contributed by atoms with Crippen molar-refractivity contribution in [3.63, 3.8) is 0 Å². The highest BCUT2D eigenvalue weighted by molar-refractivity contribution is 5.88. The van der Waals surface area contributed by atoms with E-state index in [4.69, 9.17) is 9.15 Å². The Morgan fingerprint density at radius 1 is 1.13 bits per heavy atom. The van der Waals surface area contributed by atoms with E-state index in [1.165, 1.54) is 12.3 Å². The lowest BCUT2D eigenvalue weighted by Crippen LogP contribution is -2.33. The Bertz CT molecular complexity index is 620. The zero-order valence-corrected chi connectivity index (χ0v) is 13.3. The van der Waals surface area contributed by atoms with Crippen LogP contribution in [-0.4, -0.2) is 18.5 Å². The van der Waals surface area contributed by atoms with Crippen LogP contribution in [0.4, 0.5) is 0 Å². The zero-order chi connectivity index (χ0) is 16.7. The summed E-state index contributed by atoms with van der Waals surface area (Å²) in [5.74, 6) is -0.476. The number of carbonyl (C=O) groups is 2. The number of carbonyl (C=O) groups excluding carboxylic acids is 2. The summed E-state index contributed by atoms with van der Waals surface area (Å²) in [5, 5.41) is 2.92. The number of ether oxygens (including phenoxy) is 1. The molecule has 1 aromatic heterocycles. The molecule has 0 unspecified atom stereocenters. The highest BCUT2D eigenvalue weighted by Gasteiger charge is 2.18. The molecule has 5 heteroatoms. The molecule has 1 N–H and O–H groups in total. The fourth-order valence-electron chi connectivity index (χ4n) is 2.27. The van der Waals surface area contributed by atoms with E-state index >= 15 is 0 Å². The van der Waals surface area contributed by atoms with E-state index in [0.717, 1.165) is 12.0 Å². The van der Waals surface area contributed by atoms with Crippen LogP contribution in [0.1, 0.15) is 42.4 Å². The fraction of sp³-hybridized carbons (Fsp3) is 0.333. The predicted octanol–water partition coefficient (Wildman–Crippen LogP) is 3.34. The van der Waals surface area contributed by atoms with E-state index < -0.39 is 5.97 Å². The Labute approximate surface area is 135 Å². The highest BCUT2D eigenvalue weighted by Crippen LogP contribution is 2.20. The topological polar surface area (TPSA) is 68.5 Å². The van der Waals surface area contributed by atoms with Crippen LogP contribution in [-0.2, 0) is 9.53 Å². The third kappa shape index (κ3) is 5.29. The summed E-state index contributed by atoms with van der Waals surface area (Å²) in [6.07, 6.45) is 2.19. The van der Waals surface area contributed by atoms with E-state index in [-0.39, 0.29) is 24.3 Å². The number of rotatable bonds is 7. The summed E-state index contributed by atoms with van der Waals surface area (Å²) in [6, 6.07) is 12.7. The first-order valence-corrected chi connectivity index (χ1v) is 7.61. The molecule has 0 saturated carbocycles. The largest absolute Gasteiger partial charge is 0.457 e. The lowest BCUT2D eigenvalue weighted by molar-refractivity contribution is -0.125. The molecule has 0 bridgehead atoms. The van der Waals surface area contributed by atoms with E-state index in [2.05, 4.69) is 19.2 Å². The lowest BCUT2D eigenvalue weighted by Gasteiger charge is -2.21. The van der Waals surface area contributed by atoms with Gasteiger partial charge in [0.05, 0.1) is 12.3 Å². The van der Waals surface area contributed by atoms with Crippen LogP contribution in [0.15, 0.2) is 53.1 Å². The second kappa shape index (κ2) is 8.17. The second-order valence-corrected chi connectivity index (χ2v) is 5.71. The average molecular weight is 315 g/mol. The maximum absolute atomic E-state index is 12.1. The van der Waals surface area contributed by atoms with Crippen molar-refractivity contribution in [2.45, 2.75) is 26.3 Å². The Hall–Kier alpha value is -2.56. The highest BCUT2D eigenvalue weighted by atomic mass is 16.5. The van der Waals surface area contributed by atoms with E-state index in [9.17, 15) is 9.59 Å². The standard InChI is InChI=1S/C18H21NO4/c1-13(2)11-15(14-7-4-3-5-8-14)19-17(20)12-23-18(21)16-9-6-10-22-16/h3-10,13,15H,11-12H2,1-2H3,(H,19,20)/t15-/m0/s1. The van der Waals surface area contributed by atoms with Crippen LogP contribution in [0.3, 0.4) is 0 Å². The molecule has 2 aromatic rings. The van der Waals surface area contributed by atoms with Crippen molar-refractivity contribution in [1.82, 2.24) is 5.32 Å². The van der Waals surface area contributed by atoms with Gasteiger partial charge in [-0.1, -0.05) is 44.2 Å². The first kappa shape index (κ1) is 16.8. The summed E-state index contributed by atoms with van der Waals surface area (Å²) < 4.78 is 9.87. The monoisotopic (exact) mass is 315 g/mol. The molecule has 1 heterocycles.